The van der Waals surface area contributed by atoms with Gasteiger partial charge < -0.3 is 15.3 Å². The lowest BCUT2D eigenvalue weighted by atomic mass is 9.90. The first kappa shape index (κ1) is 13.3. The second-order valence-electron chi connectivity index (χ2n) is 4.30. The summed E-state index contributed by atoms with van der Waals surface area (Å²) in [6.45, 7) is 2.22. The zero-order valence-electron chi connectivity index (χ0n) is 10.1. The van der Waals surface area contributed by atoms with E-state index < -0.39 is 6.10 Å². The number of aliphatic hydroxyl groups is 1. The van der Waals surface area contributed by atoms with Gasteiger partial charge in [-0.1, -0.05) is 34.1 Å². The number of nitrogens with two attached hydrogens (primary N) is 1. The van der Waals surface area contributed by atoms with Crippen molar-refractivity contribution in [1.29, 1.82) is 0 Å². The van der Waals surface area contributed by atoms with Crippen molar-refractivity contribution in [1.82, 2.24) is 0 Å². The van der Waals surface area contributed by atoms with E-state index in [1.165, 1.54) is 0 Å². The first-order valence-electron chi connectivity index (χ1n) is 5.81. The average molecular weight is 310 g/mol. The van der Waals surface area contributed by atoms with Gasteiger partial charge in [-0.3, -0.25) is 0 Å². The van der Waals surface area contributed by atoms with Gasteiger partial charge in [-0.05, 0) is 24.6 Å². The molecule has 2 rings (SSSR count). The van der Waals surface area contributed by atoms with Crippen molar-refractivity contribution in [3.8, 4) is 0 Å². The van der Waals surface area contributed by atoms with E-state index in [4.69, 9.17) is 10.2 Å². The lowest BCUT2D eigenvalue weighted by Crippen LogP contribution is -2.20. The molecular formula is C14H16BrNO2. The molecule has 2 aromatic rings. The van der Waals surface area contributed by atoms with Crippen molar-refractivity contribution in [2.24, 2.45) is 5.73 Å². The molecule has 0 spiro atoms. The predicted molar refractivity (Wildman–Crippen MR) is 74.3 cm³/mol. The molecule has 4 heteroatoms. The maximum atomic E-state index is 10.4. The SMILES string of the molecule is Cc1cc(C(O)C(CN)c2ccccc2Br)co1. The van der Waals surface area contributed by atoms with Crippen LogP contribution in [0.3, 0.4) is 0 Å². The summed E-state index contributed by atoms with van der Waals surface area (Å²) < 4.78 is 6.19. The summed E-state index contributed by atoms with van der Waals surface area (Å²) in [6.07, 6.45) is 0.922. The van der Waals surface area contributed by atoms with E-state index in [0.29, 0.717) is 6.54 Å². The van der Waals surface area contributed by atoms with E-state index in [2.05, 4.69) is 15.9 Å². The molecule has 0 fully saturated rings. The van der Waals surface area contributed by atoms with Gasteiger partial charge in [0, 0.05) is 22.5 Å². The molecule has 1 aromatic carbocycles. The topological polar surface area (TPSA) is 59.4 Å². The zero-order chi connectivity index (χ0) is 13.1. The lowest BCUT2D eigenvalue weighted by molar-refractivity contribution is 0.146. The van der Waals surface area contributed by atoms with Crippen molar-refractivity contribution < 1.29 is 9.52 Å². The van der Waals surface area contributed by atoms with Crippen LogP contribution < -0.4 is 5.73 Å². The smallest absolute Gasteiger partial charge is 0.101 e. The van der Waals surface area contributed by atoms with Gasteiger partial charge in [-0.15, -0.1) is 0 Å². The number of hydrogen-bond acceptors (Lipinski definition) is 3. The second kappa shape index (κ2) is 5.69. The molecule has 3 N–H and O–H groups in total. The largest absolute Gasteiger partial charge is 0.469 e. The number of hydrogen-bond donors (Lipinski definition) is 2. The molecule has 1 aromatic heterocycles. The van der Waals surface area contributed by atoms with E-state index in [1.807, 2.05) is 37.3 Å². The van der Waals surface area contributed by atoms with Gasteiger partial charge in [-0.2, -0.15) is 0 Å². The molecule has 18 heavy (non-hydrogen) atoms. The Balaban J connectivity index is 2.32. The molecule has 0 saturated carbocycles. The van der Waals surface area contributed by atoms with E-state index >= 15 is 0 Å². The van der Waals surface area contributed by atoms with Crippen LogP contribution in [0.1, 0.15) is 28.9 Å². The first-order valence-corrected chi connectivity index (χ1v) is 6.60. The van der Waals surface area contributed by atoms with Crippen LogP contribution in [0.4, 0.5) is 0 Å². The molecule has 1 heterocycles. The molecule has 0 aliphatic carbocycles. The summed E-state index contributed by atoms with van der Waals surface area (Å²) in [6, 6.07) is 9.64. The minimum atomic E-state index is -0.661. The summed E-state index contributed by atoms with van der Waals surface area (Å²) in [4.78, 5) is 0. The molecule has 0 amide bonds. The van der Waals surface area contributed by atoms with Crippen LogP contribution >= 0.6 is 15.9 Å². The van der Waals surface area contributed by atoms with Crippen LogP contribution in [0, 0.1) is 6.92 Å². The Hall–Kier alpha value is -1.10. The van der Waals surface area contributed by atoms with Gasteiger partial charge in [0.15, 0.2) is 0 Å². The molecule has 0 aliphatic heterocycles. The number of aliphatic hydroxyl groups excluding tert-OH is 1. The fourth-order valence-electron chi connectivity index (χ4n) is 2.05. The fraction of sp³-hybridized carbons (Fsp3) is 0.286. The summed E-state index contributed by atoms with van der Waals surface area (Å²) in [5.41, 5.74) is 7.58. The van der Waals surface area contributed by atoms with Crippen LogP contribution in [-0.4, -0.2) is 11.7 Å². The predicted octanol–water partition coefficient (Wildman–Crippen LogP) is 3.13. The minimum Gasteiger partial charge on any atom is -0.469 e. The Labute approximate surface area is 115 Å². The zero-order valence-corrected chi connectivity index (χ0v) is 11.7. The highest BCUT2D eigenvalue weighted by Crippen LogP contribution is 2.34. The van der Waals surface area contributed by atoms with Crippen LogP contribution in [0.2, 0.25) is 0 Å². The third-order valence-corrected chi connectivity index (χ3v) is 3.75. The maximum Gasteiger partial charge on any atom is 0.101 e. The number of rotatable bonds is 4. The number of benzene rings is 1. The maximum absolute atomic E-state index is 10.4. The average Bonchev–Trinajstić information content (AvgIpc) is 2.79. The van der Waals surface area contributed by atoms with Gasteiger partial charge in [0.25, 0.3) is 0 Å². The normalized spacial score (nSPS) is 14.4. The molecule has 3 nitrogen and oxygen atoms in total. The van der Waals surface area contributed by atoms with Crippen molar-refractivity contribution in [3.05, 3.63) is 58.0 Å². The van der Waals surface area contributed by atoms with Gasteiger partial charge in [0.1, 0.15) is 5.76 Å². The fourth-order valence-corrected chi connectivity index (χ4v) is 2.63. The standard InChI is InChI=1S/C14H16BrNO2/c1-9-6-10(8-18-9)14(17)12(7-16)11-4-2-3-5-13(11)15/h2-6,8,12,14,17H,7,16H2,1H3. The Morgan fingerprint density at radius 1 is 1.39 bits per heavy atom. The van der Waals surface area contributed by atoms with Crippen LogP contribution in [0.25, 0.3) is 0 Å². The second-order valence-corrected chi connectivity index (χ2v) is 5.15. The van der Waals surface area contributed by atoms with E-state index in [-0.39, 0.29) is 5.92 Å². The van der Waals surface area contributed by atoms with Crippen molar-refractivity contribution in [3.63, 3.8) is 0 Å². The molecule has 2 atom stereocenters. The van der Waals surface area contributed by atoms with E-state index in [1.54, 1.807) is 6.26 Å². The minimum absolute atomic E-state index is 0.155. The van der Waals surface area contributed by atoms with Crippen molar-refractivity contribution in [2.45, 2.75) is 18.9 Å². The Kier molecular flexibility index (Phi) is 4.22. The highest BCUT2D eigenvalue weighted by atomic mass is 79.9. The third-order valence-electron chi connectivity index (χ3n) is 3.03. The third kappa shape index (κ3) is 2.66. The molecule has 0 bridgehead atoms. The molecule has 0 aliphatic rings. The summed E-state index contributed by atoms with van der Waals surface area (Å²) in [5, 5.41) is 10.4. The summed E-state index contributed by atoms with van der Waals surface area (Å²) in [7, 11) is 0. The van der Waals surface area contributed by atoms with Crippen molar-refractivity contribution in [2.75, 3.05) is 6.54 Å². The van der Waals surface area contributed by atoms with Gasteiger partial charge in [-0.25, -0.2) is 0 Å². The van der Waals surface area contributed by atoms with Crippen LogP contribution in [0.15, 0.2) is 45.5 Å². The van der Waals surface area contributed by atoms with Gasteiger partial charge in [0.05, 0.1) is 12.4 Å². The molecule has 0 radical (unpaired) electrons. The quantitative estimate of drug-likeness (QED) is 0.912. The molecule has 2 unspecified atom stereocenters. The van der Waals surface area contributed by atoms with E-state index in [0.717, 1.165) is 21.4 Å². The Morgan fingerprint density at radius 3 is 2.67 bits per heavy atom. The van der Waals surface area contributed by atoms with E-state index in [9.17, 15) is 5.11 Å². The monoisotopic (exact) mass is 309 g/mol. The molecule has 96 valence electrons. The Morgan fingerprint density at radius 2 is 2.11 bits per heavy atom. The highest BCUT2D eigenvalue weighted by Gasteiger charge is 2.24. The lowest BCUT2D eigenvalue weighted by Gasteiger charge is -2.22. The highest BCUT2D eigenvalue weighted by molar-refractivity contribution is 9.10. The van der Waals surface area contributed by atoms with Crippen LogP contribution in [-0.2, 0) is 0 Å². The molecule has 0 saturated heterocycles. The molecular weight excluding hydrogens is 294 g/mol. The van der Waals surface area contributed by atoms with Gasteiger partial charge >= 0.3 is 0 Å². The summed E-state index contributed by atoms with van der Waals surface area (Å²) in [5.74, 6) is 0.629. The number of furan rings is 1. The van der Waals surface area contributed by atoms with Crippen LogP contribution in [0.5, 0.6) is 0 Å². The van der Waals surface area contributed by atoms with Gasteiger partial charge in [0.2, 0.25) is 0 Å². The number of aryl methyl sites for hydroxylation is 1. The Bertz CT molecular complexity index is 524. The number of halogens is 1. The summed E-state index contributed by atoms with van der Waals surface area (Å²) >= 11 is 3.49. The van der Waals surface area contributed by atoms with Crippen molar-refractivity contribution >= 4 is 15.9 Å². The first-order chi connectivity index (χ1) is 8.63.